The highest BCUT2D eigenvalue weighted by Crippen LogP contribution is 2.30. The van der Waals surface area contributed by atoms with Crippen LogP contribution in [-0.4, -0.2) is 5.91 Å². The number of fused-ring (bicyclic) bond motifs is 1. The number of hydrogen-bond acceptors (Lipinski definition) is 2. The molecule has 1 heterocycles. The molecule has 0 aliphatic rings. The molecule has 1 amide bonds. The largest absolute Gasteiger partial charge is 0.449 e. The minimum atomic E-state index is -0.235. The van der Waals surface area contributed by atoms with E-state index in [1.807, 2.05) is 56.3 Å². The van der Waals surface area contributed by atoms with Crippen molar-refractivity contribution in [1.82, 2.24) is 5.32 Å². The minimum absolute atomic E-state index is 0.100. The Morgan fingerprint density at radius 1 is 1.14 bits per heavy atom. The Hall–Kier alpha value is -2.26. The first-order valence-corrected chi connectivity index (χ1v) is 7.49. The molecular formula is C18H16ClNO2. The maximum Gasteiger partial charge on any atom is 0.287 e. The molecule has 1 N–H and O–H groups in total. The highest BCUT2D eigenvalue weighted by atomic mass is 35.5. The van der Waals surface area contributed by atoms with Crippen molar-refractivity contribution >= 4 is 28.5 Å². The highest BCUT2D eigenvalue weighted by molar-refractivity contribution is 6.35. The summed E-state index contributed by atoms with van der Waals surface area (Å²) in [7, 11) is 0. The van der Waals surface area contributed by atoms with Crippen molar-refractivity contribution in [2.75, 3.05) is 0 Å². The summed E-state index contributed by atoms with van der Waals surface area (Å²) in [6.45, 7) is 3.81. The van der Waals surface area contributed by atoms with Gasteiger partial charge in [-0.1, -0.05) is 54.1 Å². The monoisotopic (exact) mass is 313 g/mol. The normalized spacial score (nSPS) is 12.3. The predicted molar refractivity (Wildman–Crippen MR) is 88.3 cm³/mol. The number of hydrogen-bond donors (Lipinski definition) is 1. The molecule has 0 aliphatic carbocycles. The third kappa shape index (κ3) is 2.60. The van der Waals surface area contributed by atoms with Gasteiger partial charge in [-0.3, -0.25) is 4.79 Å². The van der Waals surface area contributed by atoms with E-state index in [0.29, 0.717) is 16.4 Å². The first kappa shape index (κ1) is 14.7. The van der Waals surface area contributed by atoms with E-state index in [1.165, 1.54) is 0 Å². The second-order valence-electron chi connectivity index (χ2n) is 5.28. The van der Waals surface area contributed by atoms with Gasteiger partial charge in [0, 0.05) is 10.9 Å². The van der Waals surface area contributed by atoms with Crippen molar-refractivity contribution in [3.8, 4) is 0 Å². The first-order valence-electron chi connectivity index (χ1n) is 7.11. The number of furan rings is 1. The number of rotatable bonds is 3. The summed E-state index contributed by atoms with van der Waals surface area (Å²) in [5.41, 5.74) is 2.40. The van der Waals surface area contributed by atoms with Crippen LogP contribution in [0.3, 0.4) is 0 Å². The lowest BCUT2D eigenvalue weighted by atomic mass is 10.1. The van der Waals surface area contributed by atoms with Crippen LogP contribution in [0.25, 0.3) is 11.0 Å². The Labute approximate surface area is 133 Å². The number of nitrogens with one attached hydrogen (secondary N) is 1. The number of para-hydroxylation sites is 1. The van der Waals surface area contributed by atoms with E-state index in [4.69, 9.17) is 16.0 Å². The molecule has 0 spiro atoms. The number of benzene rings is 2. The maximum atomic E-state index is 12.5. The zero-order chi connectivity index (χ0) is 15.7. The standard InChI is InChI=1S/C18H16ClNO2/c1-11-14-9-6-10-15(19)17(14)22-16(11)18(21)20-12(2)13-7-4-3-5-8-13/h3-10,12H,1-2H3,(H,20,21)/t12-/m0/s1. The van der Waals surface area contributed by atoms with Crippen molar-refractivity contribution in [3.05, 3.63) is 70.4 Å². The van der Waals surface area contributed by atoms with Crippen molar-refractivity contribution in [3.63, 3.8) is 0 Å². The SMILES string of the molecule is Cc1c(C(=O)N[C@@H](C)c2ccccc2)oc2c(Cl)cccc12. The topological polar surface area (TPSA) is 42.2 Å². The molecule has 0 saturated heterocycles. The summed E-state index contributed by atoms with van der Waals surface area (Å²) in [6.07, 6.45) is 0. The van der Waals surface area contributed by atoms with Crippen molar-refractivity contribution in [1.29, 1.82) is 0 Å². The molecule has 1 atom stereocenters. The van der Waals surface area contributed by atoms with Crippen LogP contribution in [-0.2, 0) is 0 Å². The average molecular weight is 314 g/mol. The van der Waals surface area contributed by atoms with Crippen LogP contribution in [0.4, 0.5) is 0 Å². The van der Waals surface area contributed by atoms with Crippen LogP contribution in [0.1, 0.15) is 34.6 Å². The molecule has 3 nitrogen and oxygen atoms in total. The average Bonchev–Trinajstić information content (AvgIpc) is 2.87. The highest BCUT2D eigenvalue weighted by Gasteiger charge is 2.20. The van der Waals surface area contributed by atoms with E-state index in [2.05, 4.69) is 5.32 Å². The van der Waals surface area contributed by atoms with Gasteiger partial charge in [-0.25, -0.2) is 0 Å². The molecule has 3 rings (SSSR count). The fraction of sp³-hybridized carbons (Fsp3) is 0.167. The van der Waals surface area contributed by atoms with Crippen molar-refractivity contribution in [2.24, 2.45) is 0 Å². The van der Waals surface area contributed by atoms with Crippen LogP contribution >= 0.6 is 11.6 Å². The Kier molecular flexibility index (Phi) is 3.90. The molecule has 0 unspecified atom stereocenters. The summed E-state index contributed by atoms with van der Waals surface area (Å²) >= 11 is 6.12. The van der Waals surface area contributed by atoms with Gasteiger partial charge in [0.2, 0.25) is 0 Å². The molecule has 2 aromatic carbocycles. The fourth-order valence-electron chi connectivity index (χ4n) is 2.51. The quantitative estimate of drug-likeness (QED) is 0.748. The molecule has 1 aromatic heterocycles. The molecule has 3 aromatic rings. The van der Waals surface area contributed by atoms with E-state index in [1.54, 1.807) is 6.07 Å². The van der Waals surface area contributed by atoms with E-state index in [0.717, 1.165) is 16.5 Å². The molecule has 0 saturated carbocycles. The van der Waals surface area contributed by atoms with Crippen LogP contribution in [0, 0.1) is 6.92 Å². The van der Waals surface area contributed by atoms with Crippen molar-refractivity contribution < 1.29 is 9.21 Å². The zero-order valence-corrected chi connectivity index (χ0v) is 13.1. The van der Waals surface area contributed by atoms with Gasteiger partial charge in [-0.15, -0.1) is 0 Å². The second-order valence-corrected chi connectivity index (χ2v) is 5.69. The Bertz CT molecular complexity index is 824. The van der Waals surface area contributed by atoms with Gasteiger partial charge in [-0.2, -0.15) is 0 Å². The smallest absolute Gasteiger partial charge is 0.287 e. The fourth-order valence-corrected chi connectivity index (χ4v) is 2.73. The molecule has 0 aliphatic heterocycles. The maximum absolute atomic E-state index is 12.5. The predicted octanol–water partition coefficient (Wildman–Crippen LogP) is 4.89. The molecule has 0 bridgehead atoms. The number of aryl methyl sites for hydroxylation is 1. The third-order valence-electron chi connectivity index (χ3n) is 3.77. The summed E-state index contributed by atoms with van der Waals surface area (Å²) in [5, 5.41) is 4.33. The van der Waals surface area contributed by atoms with E-state index >= 15 is 0 Å². The third-order valence-corrected chi connectivity index (χ3v) is 4.07. The molecule has 112 valence electrons. The van der Waals surface area contributed by atoms with Crippen LogP contribution in [0.5, 0.6) is 0 Å². The lowest BCUT2D eigenvalue weighted by molar-refractivity contribution is 0.0913. The Morgan fingerprint density at radius 2 is 1.86 bits per heavy atom. The second kappa shape index (κ2) is 5.85. The summed E-state index contributed by atoms with van der Waals surface area (Å²) < 4.78 is 5.68. The van der Waals surface area contributed by atoms with Crippen LogP contribution in [0.15, 0.2) is 52.9 Å². The summed E-state index contributed by atoms with van der Waals surface area (Å²) in [4.78, 5) is 12.5. The van der Waals surface area contributed by atoms with E-state index < -0.39 is 0 Å². The number of halogens is 1. The molecule has 0 radical (unpaired) electrons. The van der Waals surface area contributed by atoms with Gasteiger partial charge in [0.1, 0.15) is 0 Å². The van der Waals surface area contributed by atoms with Crippen LogP contribution in [0.2, 0.25) is 5.02 Å². The molecule has 0 fully saturated rings. The molecule has 22 heavy (non-hydrogen) atoms. The van der Waals surface area contributed by atoms with Gasteiger partial charge in [0.15, 0.2) is 11.3 Å². The van der Waals surface area contributed by atoms with Gasteiger partial charge >= 0.3 is 0 Å². The Balaban J connectivity index is 1.90. The lowest BCUT2D eigenvalue weighted by Crippen LogP contribution is -2.26. The van der Waals surface area contributed by atoms with Gasteiger partial charge in [0.25, 0.3) is 5.91 Å². The van der Waals surface area contributed by atoms with Crippen molar-refractivity contribution in [2.45, 2.75) is 19.9 Å². The molecule has 4 heteroatoms. The number of amides is 1. The van der Waals surface area contributed by atoms with Gasteiger partial charge < -0.3 is 9.73 Å². The summed E-state index contributed by atoms with van der Waals surface area (Å²) in [6, 6.07) is 15.2. The van der Waals surface area contributed by atoms with Gasteiger partial charge in [-0.05, 0) is 25.5 Å². The minimum Gasteiger partial charge on any atom is -0.449 e. The zero-order valence-electron chi connectivity index (χ0n) is 12.4. The summed E-state index contributed by atoms with van der Waals surface area (Å²) in [5.74, 6) is 0.0759. The first-order chi connectivity index (χ1) is 10.6. The van der Waals surface area contributed by atoms with E-state index in [9.17, 15) is 4.79 Å². The molecular weight excluding hydrogens is 298 g/mol. The van der Waals surface area contributed by atoms with E-state index in [-0.39, 0.29) is 11.9 Å². The number of carbonyl (C=O) groups excluding carboxylic acids is 1. The Morgan fingerprint density at radius 3 is 2.55 bits per heavy atom. The van der Waals surface area contributed by atoms with Gasteiger partial charge in [0.05, 0.1) is 11.1 Å². The van der Waals surface area contributed by atoms with Crippen LogP contribution < -0.4 is 5.32 Å². The number of carbonyl (C=O) groups is 1. The lowest BCUT2D eigenvalue weighted by Gasteiger charge is -2.13.